The third-order valence-electron chi connectivity index (χ3n) is 7.98. The average Bonchev–Trinajstić information content (AvgIpc) is 3.52. The zero-order valence-corrected chi connectivity index (χ0v) is 28.4. The van der Waals surface area contributed by atoms with Crippen LogP contribution in [0.2, 0.25) is 0 Å². The van der Waals surface area contributed by atoms with Gasteiger partial charge in [-0.15, -0.1) is 0 Å². The molecule has 0 atom stereocenters. The molecule has 0 spiro atoms. The number of Topliss-reactive ketones (excluding diaryl/α,β-unsaturated/α-hetero) is 2. The number of allylic oxidation sites excluding steroid dienone is 2. The largest absolute Gasteiger partial charge is 0.443 e. The molecule has 0 saturated heterocycles. The van der Waals surface area contributed by atoms with Gasteiger partial charge in [-0.05, 0) is 88.1 Å². The van der Waals surface area contributed by atoms with Gasteiger partial charge >= 0.3 is 12.2 Å². The lowest BCUT2D eigenvalue weighted by Crippen LogP contribution is -2.40. The molecular formula is C40H34N2O8. The highest BCUT2D eigenvalue weighted by Crippen LogP contribution is 2.46. The van der Waals surface area contributed by atoms with Crippen molar-refractivity contribution in [3.63, 3.8) is 0 Å². The lowest BCUT2D eigenvalue weighted by Gasteiger charge is -2.28. The molecule has 0 aromatic heterocycles. The van der Waals surface area contributed by atoms with Crippen LogP contribution in [-0.4, -0.2) is 47.5 Å². The van der Waals surface area contributed by atoms with Gasteiger partial charge in [0.1, 0.15) is 35.2 Å². The van der Waals surface area contributed by atoms with Crippen molar-refractivity contribution in [2.75, 3.05) is 9.80 Å². The van der Waals surface area contributed by atoms with E-state index in [0.717, 1.165) is 22.4 Å². The molecule has 2 amide bonds. The number of hydrogen-bond donors (Lipinski definition) is 0. The second-order valence-corrected chi connectivity index (χ2v) is 13.9. The van der Waals surface area contributed by atoms with Crippen molar-refractivity contribution in [3.05, 3.63) is 119 Å². The van der Waals surface area contributed by atoms with Crippen LogP contribution < -0.4 is 9.80 Å². The molecule has 2 aliphatic heterocycles. The number of ketones is 2. The minimum atomic E-state index is -0.983. The molecule has 50 heavy (non-hydrogen) atoms. The van der Waals surface area contributed by atoms with E-state index in [1.807, 2.05) is 0 Å². The summed E-state index contributed by atoms with van der Waals surface area (Å²) in [6.45, 7) is 10.0. The fourth-order valence-corrected chi connectivity index (χ4v) is 5.81. The second-order valence-electron chi connectivity index (χ2n) is 13.9. The number of carbonyl (C=O) groups excluding carboxylic acids is 6. The molecule has 0 radical (unpaired) electrons. The summed E-state index contributed by atoms with van der Waals surface area (Å²) >= 11 is 0. The molecule has 0 saturated carbocycles. The van der Waals surface area contributed by atoms with Gasteiger partial charge in [0.05, 0.1) is 11.4 Å². The van der Waals surface area contributed by atoms with Crippen LogP contribution in [0.15, 0.2) is 96.3 Å². The highest BCUT2D eigenvalue weighted by molar-refractivity contribution is 6.33. The van der Waals surface area contributed by atoms with Crippen molar-refractivity contribution in [1.29, 1.82) is 0 Å². The summed E-state index contributed by atoms with van der Waals surface area (Å²) in [5.74, 6) is -1.33. The molecule has 4 aromatic rings. The van der Waals surface area contributed by atoms with E-state index in [1.54, 1.807) is 126 Å². The Kier molecular flexibility index (Phi) is 8.35. The molecule has 10 nitrogen and oxygen atoms in total. The maximum Gasteiger partial charge on any atom is 0.419 e. The molecule has 252 valence electrons. The van der Waals surface area contributed by atoms with Gasteiger partial charge in [-0.3, -0.25) is 19.2 Å². The number of carbonyl (C=O) groups is 6. The fraction of sp³-hybridized carbons (Fsp3) is 0.200. The number of rotatable bonds is 4. The van der Waals surface area contributed by atoms with Crippen molar-refractivity contribution < 1.29 is 38.2 Å². The van der Waals surface area contributed by atoms with E-state index in [0.29, 0.717) is 33.4 Å². The van der Waals surface area contributed by atoms with Crippen LogP contribution >= 0.6 is 0 Å². The van der Waals surface area contributed by atoms with Crippen molar-refractivity contribution in [2.45, 2.75) is 52.7 Å². The van der Waals surface area contributed by atoms with Crippen molar-refractivity contribution in [3.8, 4) is 22.3 Å². The van der Waals surface area contributed by atoms with Crippen LogP contribution in [0, 0.1) is 0 Å². The highest BCUT2D eigenvalue weighted by atomic mass is 16.6. The SMILES string of the molecule is CC(C)(C)OC(=O)N1/C(=C2\C(=O)c3ccc(-c4ccc(C=O)cc4)cc3N2C(=O)OC(C)(C)C)C(=O)c2ccc(-c3ccc(C=O)cc3)cc21. The molecule has 2 aliphatic rings. The summed E-state index contributed by atoms with van der Waals surface area (Å²) in [7, 11) is 0. The number of benzene rings is 4. The zero-order valence-electron chi connectivity index (χ0n) is 28.4. The molecule has 0 unspecified atom stereocenters. The normalized spacial score (nSPS) is 15.5. The van der Waals surface area contributed by atoms with Gasteiger partial charge in [-0.25, -0.2) is 19.4 Å². The van der Waals surface area contributed by atoms with Crippen LogP contribution in [0.25, 0.3) is 22.3 Å². The van der Waals surface area contributed by atoms with E-state index in [9.17, 15) is 28.8 Å². The van der Waals surface area contributed by atoms with Gasteiger partial charge in [-0.2, -0.15) is 0 Å². The Morgan fingerprint density at radius 2 is 0.840 bits per heavy atom. The quantitative estimate of drug-likeness (QED) is 0.156. The molecular weight excluding hydrogens is 636 g/mol. The monoisotopic (exact) mass is 670 g/mol. The molecule has 10 heteroatoms. The van der Waals surface area contributed by atoms with Crippen molar-refractivity contribution >= 4 is 47.7 Å². The van der Waals surface area contributed by atoms with E-state index < -0.39 is 35.0 Å². The van der Waals surface area contributed by atoms with Crippen LogP contribution in [0.1, 0.15) is 83.0 Å². The van der Waals surface area contributed by atoms with E-state index in [-0.39, 0.29) is 33.9 Å². The Bertz CT molecular complexity index is 1980. The molecule has 0 fully saturated rings. The lowest BCUT2D eigenvalue weighted by molar-refractivity contribution is 0.0571. The first-order valence-corrected chi connectivity index (χ1v) is 15.9. The summed E-state index contributed by atoms with van der Waals surface area (Å²) in [6, 6.07) is 23.3. The summed E-state index contributed by atoms with van der Waals surface area (Å²) in [6.07, 6.45) is -0.394. The van der Waals surface area contributed by atoms with Crippen molar-refractivity contribution in [1.82, 2.24) is 0 Å². The first kappa shape index (κ1) is 33.7. The van der Waals surface area contributed by atoms with Gasteiger partial charge in [-0.1, -0.05) is 60.7 Å². The Morgan fingerprint density at radius 1 is 0.520 bits per heavy atom. The van der Waals surface area contributed by atoms with E-state index in [4.69, 9.17) is 9.47 Å². The smallest absolute Gasteiger partial charge is 0.419 e. The first-order valence-electron chi connectivity index (χ1n) is 15.9. The number of ether oxygens (including phenoxy) is 2. The van der Waals surface area contributed by atoms with Crippen LogP contribution in [0.3, 0.4) is 0 Å². The highest BCUT2D eigenvalue weighted by Gasteiger charge is 2.49. The molecule has 0 aliphatic carbocycles. The Hall–Kier alpha value is -6.16. The number of aldehydes is 2. The van der Waals surface area contributed by atoms with Crippen molar-refractivity contribution in [2.24, 2.45) is 0 Å². The number of nitrogens with zero attached hydrogens (tertiary/aromatic N) is 2. The van der Waals surface area contributed by atoms with Gasteiger partial charge in [0, 0.05) is 22.3 Å². The van der Waals surface area contributed by atoms with E-state index in [1.165, 1.54) is 0 Å². The predicted molar refractivity (Wildman–Crippen MR) is 188 cm³/mol. The van der Waals surface area contributed by atoms with Crippen LogP contribution in [0.4, 0.5) is 21.0 Å². The maximum absolute atomic E-state index is 14.4. The molecule has 4 aromatic carbocycles. The average molecular weight is 671 g/mol. The number of hydrogen-bond acceptors (Lipinski definition) is 8. The topological polar surface area (TPSA) is 127 Å². The Balaban J connectivity index is 1.57. The van der Waals surface area contributed by atoms with Gasteiger partial charge < -0.3 is 9.47 Å². The first-order chi connectivity index (χ1) is 23.6. The number of amides is 2. The molecule has 0 N–H and O–H groups in total. The predicted octanol–water partition coefficient (Wildman–Crippen LogP) is 8.43. The Morgan fingerprint density at radius 3 is 1.14 bits per heavy atom. The van der Waals surface area contributed by atoms with Gasteiger partial charge in [0.25, 0.3) is 0 Å². The minimum absolute atomic E-state index is 0.121. The Labute approximate surface area is 288 Å². The molecule has 0 bridgehead atoms. The lowest BCUT2D eigenvalue weighted by atomic mass is 10.00. The third kappa shape index (κ3) is 6.23. The fourth-order valence-electron chi connectivity index (χ4n) is 5.81. The summed E-state index contributed by atoms with van der Waals surface area (Å²) in [4.78, 5) is 81.4. The maximum atomic E-state index is 14.4. The van der Waals surface area contributed by atoms with Gasteiger partial charge in [0.2, 0.25) is 11.6 Å². The zero-order chi connectivity index (χ0) is 36.1. The summed E-state index contributed by atoms with van der Waals surface area (Å²) in [5.41, 5.74) is 1.53. The van der Waals surface area contributed by atoms with Crippen LogP contribution in [-0.2, 0) is 9.47 Å². The summed E-state index contributed by atoms with van der Waals surface area (Å²) < 4.78 is 11.5. The number of fused-ring (bicyclic) bond motifs is 2. The van der Waals surface area contributed by atoms with E-state index >= 15 is 0 Å². The van der Waals surface area contributed by atoms with Crippen LogP contribution in [0.5, 0.6) is 0 Å². The third-order valence-corrected chi connectivity index (χ3v) is 7.98. The molecule has 2 heterocycles. The minimum Gasteiger partial charge on any atom is -0.443 e. The summed E-state index contributed by atoms with van der Waals surface area (Å²) in [5, 5.41) is 0. The second kappa shape index (κ2) is 12.4. The molecule has 6 rings (SSSR count). The standard InChI is InChI=1S/C40H34N2O8/c1-39(2,3)49-37(47)41-31-19-27(25-11-7-23(21-43)8-12-25)15-17-29(31)35(45)33(41)34-36(46)30-18-16-28(26-13-9-24(22-44)10-14-26)20-32(30)42(34)38(48)50-40(4,5)6/h7-22H,1-6H3/b34-33+. The van der Waals surface area contributed by atoms with Gasteiger partial charge in [0.15, 0.2) is 0 Å². The number of anilines is 2. The van der Waals surface area contributed by atoms with E-state index in [2.05, 4.69) is 0 Å².